The van der Waals surface area contributed by atoms with Crippen molar-refractivity contribution in [2.24, 2.45) is 0 Å². The molecule has 3 aromatic rings. The van der Waals surface area contributed by atoms with E-state index in [1.807, 2.05) is 26.0 Å². The average Bonchev–Trinajstić information content (AvgIpc) is 2.96. The first-order valence-electron chi connectivity index (χ1n) is 6.99. The van der Waals surface area contributed by atoms with Gasteiger partial charge in [0.1, 0.15) is 5.02 Å². The molecule has 0 saturated heterocycles. The Morgan fingerprint density at radius 1 is 1.25 bits per heavy atom. The highest BCUT2D eigenvalue weighted by Gasteiger charge is 2.17. The van der Waals surface area contributed by atoms with Gasteiger partial charge in [0.05, 0.1) is 15.1 Å². The number of nitrogens with one attached hydrogen (secondary N) is 1. The molecule has 24 heavy (non-hydrogen) atoms. The van der Waals surface area contributed by atoms with E-state index in [0.29, 0.717) is 5.13 Å². The van der Waals surface area contributed by atoms with Crippen molar-refractivity contribution >= 4 is 49.9 Å². The molecule has 0 aliphatic carbocycles. The second-order valence-corrected chi connectivity index (χ2v) is 6.68. The first kappa shape index (κ1) is 16.4. The van der Waals surface area contributed by atoms with Crippen LogP contribution in [-0.2, 0) is 0 Å². The van der Waals surface area contributed by atoms with E-state index >= 15 is 0 Å². The van der Waals surface area contributed by atoms with Crippen LogP contribution in [0, 0.1) is 24.0 Å². The zero-order valence-electron chi connectivity index (χ0n) is 12.8. The molecule has 2 aromatic carbocycles. The summed E-state index contributed by atoms with van der Waals surface area (Å²) in [6.45, 7) is 3.93. The number of thiazole rings is 1. The molecule has 1 heterocycles. The number of aryl methyl sites for hydroxylation is 2. The highest BCUT2D eigenvalue weighted by atomic mass is 35.5. The molecule has 0 radical (unpaired) electrons. The molecule has 0 saturated carbocycles. The van der Waals surface area contributed by atoms with Crippen LogP contribution in [0.5, 0.6) is 0 Å². The van der Waals surface area contributed by atoms with Gasteiger partial charge in [-0.15, -0.1) is 0 Å². The predicted octanol–water partition coefficient (Wildman–Crippen LogP) is 4.73. The lowest BCUT2D eigenvalue weighted by Crippen LogP contribution is -2.12. The van der Waals surface area contributed by atoms with Gasteiger partial charge in [-0.25, -0.2) is 4.98 Å². The number of anilines is 1. The summed E-state index contributed by atoms with van der Waals surface area (Å²) in [5, 5.41) is 14.1. The lowest BCUT2D eigenvalue weighted by molar-refractivity contribution is -0.384. The fourth-order valence-electron chi connectivity index (χ4n) is 2.28. The van der Waals surface area contributed by atoms with E-state index in [1.165, 1.54) is 23.5 Å². The Balaban J connectivity index is 1.93. The molecule has 0 atom stereocenters. The van der Waals surface area contributed by atoms with Gasteiger partial charge in [0.25, 0.3) is 11.6 Å². The quantitative estimate of drug-likeness (QED) is 0.540. The van der Waals surface area contributed by atoms with Crippen LogP contribution in [0.15, 0.2) is 30.3 Å². The summed E-state index contributed by atoms with van der Waals surface area (Å²) in [6.07, 6.45) is 0. The fraction of sp³-hybridized carbons (Fsp3) is 0.125. The van der Waals surface area contributed by atoms with Crippen molar-refractivity contribution in [1.82, 2.24) is 4.98 Å². The minimum atomic E-state index is -0.622. The van der Waals surface area contributed by atoms with Crippen molar-refractivity contribution in [3.63, 3.8) is 0 Å². The maximum atomic E-state index is 12.3. The Kier molecular flexibility index (Phi) is 4.21. The molecule has 122 valence electrons. The van der Waals surface area contributed by atoms with Gasteiger partial charge in [0, 0.05) is 11.6 Å². The smallest absolute Gasteiger partial charge is 0.288 e. The molecule has 8 heteroatoms. The number of hydrogen-bond acceptors (Lipinski definition) is 5. The van der Waals surface area contributed by atoms with Gasteiger partial charge in [-0.05, 0) is 37.1 Å². The standard InChI is InChI=1S/C16H12ClN3O3S/c1-8-3-4-9(2)14-13(8)18-16(24-14)19-15(21)10-5-6-11(17)12(7-10)20(22)23/h3-7H,1-2H3,(H,18,19,21). The van der Waals surface area contributed by atoms with Crippen LogP contribution < -0.4 is 5.32 Å². The normalized spacial score (nSPS) is 10.8. The van der Waals surface area contributed by atoms with Crippen molar-refractivity contribution in [2.45, 2.75) is 13.8 Å². The van der Waals surface area contributed by atoms with Crippen LogP contribution in [0.4, 0.5) is 10.8 Å². The molecule has 0 spiro atoms. The molecular weight excluding hydrogens is 350 g/mol. The molecule has 3 rings (SSSR count). The van der Waals surface area contributed by atoms with Crippen LogP contribution >= 0.6 is 22.9 Å². The number of carbonyl (C=O) groups is 1. The molecule has 0 bridgehead atoms. The largest absolute Gasteiger partial charge is 0.298 e. The summed E-state index contributed by atoms with van der Waals surface area (Å²) in [7, 11) is 0. The number of nitro groups is 1. The van der Waals surface area contributed by atoms with Crippen LogP contribution in [0.3, 0.4) is 0 Å². The maximum absolute atomic E-state index is 12.3. The number of rotatable bonds is 3. The van der Waals surface area contributed by atoms with Crippen LogP contribution in [-0.4, -0.2) is 15.8 Å². The van der Waals surface area contributed by atoms with E-state index < -0.39 is 10.8 Å². The monoisotopic (exact) mass is 361 g/mol. The van der Waals surface area contributed by atoms with Gasteiger partial charge in [-0.3, -0.25) is 20.2 Å². The first-order chi connectivity index (χ1) is 11.4. The van der Waals surface area contributed by atoms with Gasteiger partial charge >= 0.3 is 0 Å². The van der Waals surface area contributed by atoms with E-state index in [1.54, 1.807) is 0 Å². The molecule has 1 amide bonds. The minimum Gasteiger partial charge on any atom is -0.298 e. The molecule has 1 N–H and O–H groups in total. The van der Waals surface area contributed by atoms with Crippen molar-refractivity contribution < 1.29 is 9.72 Å². The highest BCUT2D eigenvalue weighted by molar-refractivity contribution is 7.22. The summed E-state index contributed by atoms with van der Waals surface area (Å²) in [5.74, 6) is -0.468. The number of benzene rings is 2. The molecule has 0 fully saturated rings. The topological polar surface area (TPSA) is 85.1 Å². The van der Waals surface area contributed by atoms with Crippen molar-refractivity contribution in [1.29, 1.82) is 0 Å². The zero-order chi connectivity index (χ0) is 17.4. The van der Waals surface area contributed by atoms with Crippen molar-refractivity contribution in [3.05, 3.63) is 62.2 Å². The van der Waals surface area contributed by atoms with E-state index in [9.17, 15) is 14.9 Å². The second-order valence-electron chi connectivity index (χ2n) is 5.27. The van der Waals surface area contributed by atoms with Crippen molar-refractivity contribution in [3.8, 4) is 0 Å². The lowest BCUT2D eigenvalue weighted by Gasteiger charge is -2.02. The van der Waals surface area contributed by atoms with Crippen LogP contribution in [0.1, 0.15) is 21.5 Å². The predicted molar refractivity (Wildman–Crippen MR) is 95.2 cm³/mol. The third-order valence-electron chi connectivity index (χ3n) is 3.57. The molecule has 0 aliphatic rings. The van der Waals surface area contributed by atoms with Gasteiger partial charge in [0.15, 0.2) is 5.13 Å². The van der Waals surface area contributed by atoms with E-state index in [4.69, 9.17) is 11.6 Å². The molecule has 0 aliphatic heterocycles. The SMILES string of the molecule is Cc1ccc(C)c2sc(NC(=O)c3ccc(Cl)c([N+](=O)[O-])c3)nc12. The zero-order valence-corrected chi connectivity index (χ0v) is 14.4. The number of hydrogen-bond donors (Lipinski definition) is 1. The Hall–Kier alpha value is -2.51. The lowest BCUT2D eigenvalue weighted by atomic mass is 10.1. The Labute approximate surface area is 146 Å². The van der Waals surface area contributed by atoms with E-state index in [0.717, 1.165) is 27.4 Å². The summed E-state index contributed by atoms with van der Waals surface area (Å²) in [6, 6.07) is 7.91. The molecule has 0 unspecified atom stereocenters. The fourth-order valence-corrected chi connectivity index (χ4v) is 3.47. The number of halogens is 1. The minimum absolute atomic E-state index is 0.0113. The average molecular weight is 362 g/mol. The maximum Gasteiger partial charge on any atom is 0.288 e. The van der Waals surface area contributed by atoms with Gasteiger partial charge in [-0.2, -0.15) is 0 Å². The number of fused-ring (bicyclic) bond motifs is 1. The summed E-state index contributed by atoms with van der Waals surface area (Å²) < 4.78 is 1.01. The Bertz CT molecular complexity index is 945. The molecule has 1 aromatic heterocycles. The number of carbonyl (C=O) groups excluding carboxylic acids is 1. The summed E-state index contributed by atoms with van der Waals surface area (Å²) >= 11 is 7.13. The number of nitro benzene ring substituents is 1. The summed E-state index contributed by atoms with van der Waals surface area (Å²) in [4.78, 5) is 27.1. The molecular formula is C16H12ClN3O3S. The Morgan fingerprint density at radius 2 is 1.96 bits per heavy atom. The number of aromatic nitrogens is 1. The van der Waals surface area contributed by atoms with Gasteiger partial charge < -0.3 is 0 Å². The third kappa shape index (κ3) is 2.95. The number of nitrogens with zero attached hydrogens (tertiary/aromatic N) is 2. The van der Waals surface area contributed by atoms with E-state index in [2.05, 4.69) is 10.3 Å². The van der Waals surface area contributed by atoms with Crippen LogP contribution in [0.25, 0.3) is 10.2 Å². The number of amides is 1. The highest BCUT2D eigenvalue weighted by Crippen LogP contribution is 2.31. The van der Waals surface area contributed by atoms with Crippen molar-refractivity contribution in [2.75, 3.05) is 5.32 Å². The van der Waals surface area contributed by atoms with E-state index in [-0.39, 0.29) is 16.3 Å². The molecule has 6 nitrogen and oxygen atoms in total. The Morgan fingerprint density at radius 3 is 2.62 bits per heavy atom. The van der Waals surface area contributed by atoms with Gasteiger partial charge in [-0.1, -0.05) is 35.1 Å². The van der Waals surface area contributed by atoms with Crippen LogP contribution in [0.2, 0.25) is 5.02 Å². The third-order valence-corrected chi connectivity index (χ3v) is 4.99. The summed E-state index contributed by atoms with van der Waals surface area (Å²) in [5.41, 5.74) is 2.79. The second kappa shape index (κ2) is 6.18. The first-order valence-corrected chi connectivity index (χ1v) is 8.18. The van der Waals surface area contributed by atoms with Gasteiger partial charge in [0.2, 0.25) is 0 Å².